The van der Waals surface area contributed by atoms with E-state index in [4.69, 9.17) is 9.47 Å². The Morgan fingerprint density at radius 3 is 2.24 bits per heavy atom. The lowest BCUT2D eigenvalue weighted by atomic mass is 9.90. The van der Waals surface area contributed by atoms with Crippen LogP contribution in [0.4, 0.5) is 0 Å². The second-order valence-electron chi connectivity index (χ2n) is 10.1. The Morgan fingerprint density at radius 2 is 1.74 bits per heavy atom. The summed E-state index contributed by atoms with van der Waals surface area (Å²) in [6.45, 7) is 9.20. The Bertz CT molecular complexity index is 657. The van der Waals surface area contributed by atoms with E-state index in [-0.39, 0.29) is 61.3 Å². The van der Waals surface area contributed by atoms with E-state index in [0.717, 1.165) is 19.3 Å². The number of hydrogen-bond donors (Lipinski definition) is 1. The number of methoxy groups -OCH3 is 2. The molecule has 198 valence electrons. The molecule has 1 aliphatic rings. The van der Waals surface area contributed by atoms with Gasteiger partial charge in [-0.3, -0.25) is 14.4 Å². The third-order valence-electron chi connectivity index (χ3n) is 6.95. The number of carbonyl (C=O) groups is 3. The van der Waals surface area contributed by atoms with Crippen molar-refractivity contribution in [1.82, 2.24) is 20.0 Å². The molecule has 34 heavy (non-hydrogen) atoms. The Balaban J connectivity index is 2.95. The minimum atomic E-state index is -0.449. The van der Waals surface area contributed by atoms with E-state index in [1.54, 1.807) is 45.2 Å². The Hall–Kier alpha value is -1.71. The highest BCUT2D eigenvalue weighted by atomic mass is 16.5. The lowest BCUT2D eigenvalue weighted by Gasteiger charge is -2.39. The van der Waals surface area contributed by atoms with Crippen molar-refractivity contribution in [2.75, 3.05) is 55.0 Å². The summed E-state index contributed by atoms with van der Waals surface area (Å²) in [6.07, 6.45) is 2.46. The van der Waals surface area contributed by atoms with Gasteiger partial charge in [0.1, 0.15) is 0 Å². The summed E-state index contributed by atoms with van der Waals surface area (Å²) in [4.78, 5) is 43.7. The summed E-state index contributed by atoms with van der Waals surface area (Å²) in [5.74, 6) is 0.0424. The maximum absolute atomic E-state index is 13.4. The summed E-state index contributed by atoms with van der Waals surface area (Å²) >= 11 is 0. The number of rotatable bonds is 14. The molecule has 9 nitrogen and oxygen atoms in total. The highest BCUT2D eigenvalue weighted by molar-refractivity contribution is 5.85. The largest absolute Gasteiger partial charge is 0.379 e. The predicted molar refractivity (Wildman–Crippen MR) is 133 cm³/mol. The number of nitrogens with zero attached hydrogens (tertiary/aromatic N) is 3. The van der Waals surface area contributed by atoms with Crippen molar-refractivity contribution in [3.05, 3.63) is 0 Å². The van der Waals surface area contributed by atoms with Crippen LogP contribution in [0.5, 0.6) is 0 Å². The van der Waals surface area contributed by atoms with Gasteiger partial charge in [0.15, 0.2) is 0 Å². The van der Waals surface area contributed by atoms with Gasteiger partial charge in [0.2, 0.25) is 17.7 Å². The monoisotopic (exact) mass is 484 g/mol. The van der Waals surface area contributed by atoms with E-state index in [2.05, 4.69) is 33.0 Å². The molecular weight excluding hydrogens is 436 g/mol. The van der Waals surface area contributed by atoms with E-state index < -0.39 is 6.10 Å². The molecule has 0 aromatic rings. The highest BCUT2D eigenvalue weighted by Crippen LogP contribution is 2.28. The molecule has 1 aliphatic heterocycles. The number of likely N-dealkylation sites (tertiary alicyclic amines) is 1. The fraction of sp³-hybridized carbons (Fsp3) is 0.880. The van der Waals surface area contributed by atoms with Crippen molar-refractivity contribution in [2.24, 2.45) is 11.8 Å². The predicted octanol–water partition coefficient (Wildman–Crippen LogP) is 1.60. The van der Waals surface area contributed by atoms with Crippen molar-refractivity contribution >= 4 is 17.7 Å². The van der Waals surface area contributed by atoms with Crippen LogP contribution in [-0.4, -0.2) is 112 Å². The van der Waals surface area contributed by atoms with Gasteiger partial charge in [-0.05, 0) is 38.8 Å². The van der Waals surface area contributed by atoms with Crippen LogP contribution in [0, 0.1) is 11.8 Å². The summed E-state index contributed by atoms with van der Waals surface area (Å²) in [6, 6.07) is -0.232. The maximum Gasteiger partial charge on any atom is 0.242 e. The second kappa shape index (κ2) is 14.6. The standard InChI is InChI=1S/C25H48N4O5/c1-10-18(4)24(28(7)23(32)15-26-21(30)16-27(5)6)20(33-8)14-22(31)29-13-11-12-19(29)25(34-9)17(2)3/h17-20,24-25H,10-16H2,1-9H3,(H,26,30). The van der Waals surface area contributed by atoms with Gasteiger partial charge in [0.05, 0.1) is 43.8 Å². The minimum absolute atomic E-state index is 0.00663. The number of carbonyl (C=O) groups excluding carboxylic acids is 3. The van der Waals surface area contributed by atoms with E-state index in [0.29, 0.717) is 12.5 Å². The Labute approximate surface area is 206 Å². The molecule has 5 atom stereocenters. The topological polar surface area (TPSA) is 91.4 Å². The van der Waals surface area contributed by atoms with Gasteiger partial charge in [-0.2, -0.15) is 0 Å². The molecule has 0 aliphatic carbocycles. The van der Waals surface area contributed by atoms with Crippen LogP contribution in [0.25, 0.3) is 0 Å². The number of hydrogen-bond acceptors (Lipinski definition) is 6. The van der Waals surface area contributed by atoms with Crippen LogP contribution < -0.4 is 5.32 Å². The van der Waals surface area contributed by atoms with E-state index in [1.165, 1.54) is 0 Å². The minimum Gasteiger partial charge on any atom is -0.379 e. The van der Waals surface area contributed by atoms with Crippen molar-refractivity contribution in [2.45, 2.75) is 77.7 Å². The van der Waals surface area contributed by atoms with Gasteiger partial charge in [0, 0.05) is 27.8 Å². The summed E-state index contributed by atoms with van der Waals surface area (Å²) in [5, 5.41) is 2.68. The Kier molecular flexibility index (Phi) is 13.1. The molecule has 0 saturated carbocycles. The molecule has 9 heteroatoms. The molecule has 0 spiro atoms. The molecule has 0 radical (unpaired) electrons. The van der Waals surface area contributed by atoms with Crippen LogP contribution in [0.2, 0.25) is 0 Å². The van der Waals surface area contributed by atoms with Crippen molar-refractivity contribution in [1.29, 1.82) is 0 Å². The van der Waals surface area contributed by atoms with Crippen LogP contribution in [0.1, 0.15) is 53.4 Å². The lowest BCUT2D eigenvalue weighted by molar-refractivity contribution is -0.144. The number of ether oxygens (including phenoxy) is 2. The van der Waals surface area contributed by atoms with E-state index >= 15 is 0 Å². The number of likely N-dealkylation sites (N-methyl/N-ethyl adjacent to an activating group) is 2. The average molecular weight is 485 g/mol. The molecule has 1 heterocycles. The number of nitrogens with one attached hydrogen (secondary N) is 1. The molecule has 3 amide bonds. The fourth-order valence-electron chi connectivity index (χ4n) is 5.00. The van der Waals surface area contributed by atoms with Gasteiger partial charge in [-0.15, -0.1) is 0 Å². The molecule has 1 N–H and O–H groups in total. The zero-order valence-corrected chi connectivity index (χ0v) is 22.8. The maximum atomic E-state index is 13.4. The van der Waals surface area contributed by atoms with Crippen LogP contribution in [0.15, 0.2) is 0 Å². The molecule has 5 unspecified atom stereocenters. The first-order valence-electron chi connectivity index (χ1n) is 12.5. The SMILES string of the molecule is CCC(C)C(C(CC(=O)N1CCCC1C(OC)C(C)C)OC)N(C)C(=O)CNC(=O)CN(C)C. The van der Waals surface area contributed by atoms with Crippen LogP contribution >= 0.6 is 0 Å². The summed E-state index contributed by atoms with van der Waals surface area (Å²) in [5.41, 5.74) is 0. The third-order valence-corrected chi connectivity index (χ3v) is 6.95. The fourth-order valence-corrected chi connectivity index (χ4v) is 5.00. The first kappa shape index (κ1) is 30.3. The average Bonchev–Trinajstić information content (AvgIpc) is 3.25. The molecular formula is C25H48N4O5. The highest BCUT2D eigenvalue weighted by Gasteiger charge is 2.39. The quantitative estimate of drug-likeness (QED) is 0.403. The molecule has 1 saturated heterocycles. The van der Waals surface area contributed by atoms with Gasteiger partial charge >= 0.3 is 0 Å². The zero-order chi connectivity index (χ0) is 26.0. The smallest absolute Gasteiger partial charge is 0.242 e. The lowest BCUT2D eigenvalue weighted by Crippen LogP contribution is -2.54. The van der Waals surface area contributed by atoms with Crippen LogP contribution in [0.3, 0.4) is 0 Å². The number of amides is 3. The Morgan fingerprint density at radius 1 is 1.09 bits per heavy atom. The van der Waals surface area contributed by atoms with E-state index in [9.17, 15) is 14.4 Å². The van der Waals surface area contributed by atoms with Gasteiger partial charge in [-0.1, -0.05) is 34.1 Å². The molecule has 0 bridgehead atoms. The van der Waals surface area contributed by atoms with Crippen molar-refractivity contribution in [3.63, 3.8) is 0 Å². The molecule has 1 rings (SSSR count). The second-order valence-corrected chi connectivity index (χ2v) is 10.1. The van der Waals surface area contributed by atoms with Crippen molar-refractivity contribution < 1.29 is 23.9 Å². The first-order valence-corrected chi connectivity index (χ1v) is 12.5. The van der Waals surface area contributed by atoms with Crippen LogP contribution in [-0.2, 0) is 23.9 Å². The molecule has 0 aromatic heterocycles. The van der Waals surface area contributed by atoms with Gasteiger partial charge in [-0.25, -0.2) is 0 Å². The van der Waals surface area contributed by atoms with Gasteiger partial charge < -0.3 is 29.5 Å². The first-order chi connectivity index (χ1) is 16.0. The van der Waals surface area contributed by atoms with E-state index in [1.807, 2.05) is 4.90 Å². The van der Waals surface area contributed by atoms with Gasteiger partial charge in [0.25, 0.3) is 0 Å². The summed E-state index contributed by atoms with van der Waals surface area (Å²) in [7, 11) is 8.63. The summed E-state index contributed by atoms with van der Waals surface area (Å²) < 4.78 is 11.6. The molecule has 0 aromatic carbocycles. The zero-order valence-electron chi connectivity index (χ0n) is 22.8. The normalized spacial score (nSPS) is 19.7. The van der Waals surface area contributed by atoms with Crippen molar-refractivity contribution in [3.8, 4) is 0 Å². The third kappa shape index (κ3) is 8.50. The molecule has 1 fully saturated rings.